The van der Waals surface area contributed by atoms with E-state index in [1.54, 1.807) is 0 Å². The lowest BCUT2D eigenvalue weighted by atomic mass is 10.2. The van der Waals surface area contributed by atoms with Crippen molar-refractivity contribution in [2.75, 3.05) is 6.54 Å². The third kappa shape index (κ3) is 2.85. The molecule has 14 heavy (non-hydrogen) atoms. The number of amides is 1. The molecule has 3 N–H and O–H groups in total. The largest absolute Gasteiger partial charge is 0.471 e. The van der Waals surface area contributed by atoms with Crippen LogP contribution in [0.4, 0.5) is 13.2 Å². The van der Waals surface area contributed by atoms with Crippen molar-refractivity contribution in [1.82, 2.24) is 10.6 Å². The number of hydrogen-bond acceptors (Lipinski definition) is 3. The fraction of sp³-hybridized carbons (Fsp3) is 0.857. The van der Waals surface area contributed by atoms with Gasteiger partial charge in [0.15, 0.2) is 0 Å². The van der Waals surface area contributed by atoms with Gasteiger partial charge in [-0.3, -0.25) is 4.79 Å². The molecule has 0 bridgehead atoms. The summed E-state index contributed by atoms with van der Waals surface area (Å²) in [6.07, 6.45) is -5.09. The molecule has 1 fully saturated rings. The quantitative estimate of drug-likeness (QED) is 0.552. The maximum Gasteiger partial charge on any atom is 0.471 e. The maximum atomic E-state index is 11.8. The number of halogens is 3. The second-order valence-corrected chi connectivity index (χ2v) is 3.12. The van der Waals surface area contributed by atoms with Crippen molar-refractivity contribution in [2.24, 2.45) is 0 Å². The van der Waals surface area contributed by atoms with Crippen molar-refractivity contribution in [3.63, 3.8) is 0 Å². The summed E-state index contributed by atoms with van der Waals surface area (Å²) in [7, 11) is 0. The minimum Gasteiger partial charge on any atom is -0.372 e. The fourth-order valence-electron chi connectivity index (χ4n) is 1.30. The van der Waals surface area contributed by atoms with Crippen molar-refractivity contribution >= 4 is 5.91 Å². The molecule has 0 aromatic heterocycles. The lowest BCUT2D eigenvalue weighted by molar-refractivity contribution is -0.177. The number of carbonyl (C=O) groups is 1. The van der Waals surface area contributed by atoms with Crippen molar-refractivity contribution in [3.05, 3.63) is 0 Å². The molecule has 7 heteroatoms. The van der Waals surface area contributed by atoms with Gasteiger partial charge in [0.2, 0.25) is 0 Å². The highest BCUT2D eigenvalue weighted by atomic mass is 19.4. The van der Waals surface area contributed by atoms with Crippen LogP contribution in [-0.4, -0.2) is 36.0 Å². The topological polar surface area (TPSA) is 61.4 Å². The summed E-state index contributed by atoms with van der Waals surface area (Å²) >= 11 is 0. The van der Waals surface area contributed by atoms with Crippen molar-refractivity contribution in [1.29, 1.82) is 0 Å². The summed E-state index contributed by atoms with van der Waals surface area (Å²) in [5, 5.41) is 13.5. The first-order valence-corrected chi connectivity index (χ1v) is 4.20. The van der Waals surface area contributed by atoms with E-state index in [1.807, 2.05) is 0 Å². The van der Waals surface area contributed by atoms with Crippen LogP contribution >= 0.6 is 0 Å². The maximum absolute atomic E-state index is 11.8. The lowest BCUT2D eigenvalue weighted by Crippen LogP contribution is -2.51. The van der Waals surface area contributed by atoms with Gasteiger partial charge in [-0.2, -0.15) is 13.2 Å². The van der Waals surface area contributed by atoms with E-state index in [9.17, 15) is 23.1 Å². The zero-order valence-corrected chi connectivity index (χ0v) is 7.27. The van der Waals surface area contributed by atoms with Gasteiger partial charge in [-0.25, -0.2) is 0 Å². The Hall–Kier alpha value is -0.820. The molecule has 2 unspecified atom stereocenters. The first-order chi connectivity index (χ1) is 6.41. The highest BCUT2D eigenvalue weighted by molar-refractivity contribution is 5.81. The summed E-state index contributed by atoms with van der Waals surface area (Å²) in [4.78, 5) is 10.4. The molecule has 1 rings (SSSR count). The number of aliphatic hydroxyl groups is 1. The van der Waals surface area contributed by atoms with Gasteiger partial charge < -0.3 is 15.7 Å². The van der Waals surface area contributed by atoms with E-state index >= 15 is 0 Å². The number of nitrogens with one attached hydrogen (secondary N) is 2. The Morgan fingerprint density at radius 1 is 1.57 bits per heavy atom. The average molecular weight is 212 g/mol. The highest BCUT2D eigenvalue weighted by Crippen LogP contribution is 2.15. The van der Waals surface area contributed by atoms with Gasteiger partial charge in [0.05, 0.1) is 6.04 Å². The molecular formula is C7H11F3N2O2. The van der Waals surface area contributed by atoms with Crippen LogP contribution in [0, 0.1) is 0 Å². The first-order valence-electron chi connectivity index (χ1n) is 4.20. The van der Waals surface area contributed by atoms with Gasteiger partial charge in [0, 0.05) is 0 Å². The standard InChI is InChI=1S/C7H11F3N2O2/c8-7(9,10)6(14)12-5(13)4-2-1-3-11-4/h4-5,11,13H,1-3H2,(H,12,14). The Morgan fingerprint density at radius 3 is 2.64 bits per heavy atom. The SMILES string of the molecule is O=C(NC(O)C1CCCN1)C(F)(F)F. The molecule has 0 saturated carbocycles. The molecule has 1 heterocycles. The normalized spacial score (nSPS) is 24.7. The van der Waals surface area contributed by atoms with Crippen molar-refractivity contribution < 1.29 is 23.1 Å². The number of carbonyl (C=O) groups excluding carboxylic acids is 1. The minimum absolute atomic E-state index is 0.485. The van der Waals surface area contributed by atoms with Crippen LogP contribution in [0.25, 0.3) is 0 Å². The van der Waals surface area contributed by atoms with E-state index in [-0.39, 0.29) is 0 Å². The summed E-state index contributed by atoms with van der Waals surface area (Å²) in [5.41, 5.74) is 0. The molecule has 0 aromatic rings. The minimum atomic E-state index is -4.94. The van der Waals surface area contributed by atoms with E-state index in [2.05, 4.69) is 5.32 Å². The Morgan fingerprint density at radius 2 is 2.21 bits per heavy atom. The van der Waals surface area contributed by atoms with Gasteiger partial charge in [0.1, 0.15) is 6.23 Å². The molecular weight excluding hydrogens is 201 g/mol. The van der Waals surface area contributed by atoms with E-state index in [4.69, 9.17) is 0 Å². The Balaban J connectivity index is 2.39. The van der Waals surface area contributed by atoms with E-state index in [0.717, 1.165) is 6.42 Å². The van der Waals surface area contributed by atoms with Crippen molar-refractivity contribution in [3.8, 4) is 0 Å². The van der Waals surface area contributed by atoms with E-state index < -0.39 is 24.4 Å². The van der Waals surface area contributed by atoms with Crippen LogP contribution in [0.5, 0.6) is 0 Å². The number of hydrogen-bond donors (Lipinski definition) is 3. The highest BCUT2D eigenvalue weighted by Gasteiger charge is 2.40. The Labute approximate surface area is 78.5 Å². The smallest absolute Gasteiger partial charge is 0.372 e. The number of rotatable bonds is 2. The zero-order chi connectivity index (χ0) is 10.8. The van der Waals surface area contributed by atoms with Gasteiger partial charge in [-0.15, -0.1) is 0 Å². The van der Waals surface area contributed by atoms with Crippen LogP contribution in [0.1, 0.15) is 12.8 Å². The van der Waals surface area contributed by atoms with E-state index in [1.165, 1.54) is 5.32 Å². The Bertz CT molecular complexity index is 213. The molecule has 82 valence electrons. The van der Waals surface area contributed by atoms with Crippen LogP contribution in [0.3, 0.4) is 0 Å². The third-order valence-corrected chi connectivity index (χ3v) is 2.02. The lowest BCUT2D eigenvalue weighted by Gasteiger charge is -2.19. The molecule has 0 aliphatic carbocycles. The van der Waals surface area contributed by atoms with E-state index in [0.29, 0.717) is 13.0 Å². The average Bonchev–Trinajstić information content (AvgIpc) is 2.53. The van der Waals surface area contributed by atoms with Gasteiger partial charge in [0.25, 0.3) is 0 Å². The molecule has 0 spiro atoms. The van der Waals surface area contributed by atoms with Gasteiger partial charge in [-0.1, -0.05) is 0 Å². The summed E-state index contributed by atoms with van der Waals surface area (Å²) in [6, 6.07) is -0.485. The molecule has 0 aromatic carbocycles. The summed E-state index contributed by atoms with van der Waals surface area (Å²) in [6.45, 7) is 0.642. The number of aliphatic hydroxyl groups excluding tert-OH is 1. The van der Waals surface area contributed by atoms with Crippen LogP contribution in [0.2, 0.25) is 0 Å². The van der Waals surface area contributed by atoms with Crippen molar-refractivity contribution in [2.45, 2.75) is 31.3 Å². The third-order valence-electron chi connectivity index (χ3n) is 2.02. The molecule has 4 nitrogen and oxygen atoms in total. The molecule has 0 radical (unpaired) electrons. The molecule has 1 aliphatic rings. The monoisotopic (exact) mass is 212 g/mol. The summed E-state index contributed by atoms with van der Waals surface area (Å²) < 4.78 is 35.3. The van der Waals surface area contributed by atoms with Crippen LogP contribution in [0.15, 0.2) is 0 Å². The first kappa shape index (κ1) is 11.3. The molecule has 1 saturated heterocycles. The fourth-order valence-corrected chi connectivity index (χ4v) is 1.30. The Kier molecular flexibility index (Phi) is 3.33. The second kappa shape index (κ2) is 4.14. The number of alkyl halides is 3. The molecule has 1 amide bonds. The predicted octanol–water partition coefficient (Wildman–Crippen LogP) is -0.265. The van der Waals surface area contributed by atoms with Gasteiger partial charge >= 0.3 is 12.1 Å². The second-order valence-electron chi connectivity index (χ2n) is 3.12. The predicted molar refractivity (Wildman–Crippen MR) is 41.2 cm³/mol. The molecule has 2 atom stereocenters. The van der Waals surface area contributed by atoms with Crippen LogP contribution < -0.4 is 10.6 Å². The molecule has 1 aliphatic heterocycles. The van der Waals surface area contributed by atoms with Gasteiger partial charge in [-0.05, 0) is 19.4 Å². The summed E-state index contributed by atoms with van der Waals surface area (Å²) in [5.74, 6) is -2.11. The zero-order valence-electron chi connectivity index (χ0n) is 7.27. The van der Waals surface area contributed by atoms with Crippen LogP contribution in [-0.2, 0) is 4.79 Å².